The average molecular weight is 295 g/mol. The summed E-state index contributed by atoms with van der Waals surface area (Å²) in [7, 11) is 0. The second-order valence-electron chi connectivity index (χ2n) is 4.90. The normalized spacial score (nSPS) is 10.5. The van der Waals surface area contributed by atoms with Gasteiger partial charge in [0.2, 0.25) is 0 Å². The highest BCUT2D eigenvalue weighted by Crippen LogP contribution is 2.18. The fraction of sp³-hybridized carbons (Fsp3) is 0.0588. The highest BCUT2D eigenvalue weighted by atomic mass is 19.1. The number of anilines is 1. The van der Waals surface area contributed by atoms with Crippen LogP contribution in [0.15, 0.2) is 61.1 Å². The van der Waals surface area contributed by atoms with E-state index in [4.69, 9.17) is 0 Å². The molecule has 0 radical (unpaired) electrons. The van der Waals surface area contributed by atoms with Gasteiger partial charge >= 0.3 is 0 Å². The number of hydrogen-bond acceptors (Lipinski definition) is 2. The molecule has 0 aliphatic heterocycles. The molecule has 0 fully saturated rings. The number of para-hydroxylation sites is 1. The van der Waals surface area contributed by atoms with E-state index in [1.54, 1.807) is 23.9 Å². The SMILES string of the molecule is Cc1cc(F)ccc1NC(=O)c1cncn1-c1ccccc1. The van der Waals surface area contributed by atoms with E-state index in [-0.39, 0.29) is 11.7 Å². The second kappa shape index (κ2) is 5.81. The van der Waals surface area contributed by atoms with Crippen LogP contribution in [0.1, 0.15) is 16.1 Å². The molecule has 110 valence electrons. The first-order valence-corrected chi connectivity index (χ1v) is 6.80. The first-order valence-electron chi connectivity index (χ1n) is 6.80. The van der Waals surface area contributed by atoms with E-state index in [9.17, 15) is 9.18 Å². The minimum absolute atomic E-state index is 0.295. The molecular formula is C17H14FN3O. The molecule has 2 aromatic carbocycles. The second-order valence-corrected chi connectivity index (χ2v) is 4.90. The Bertz CT molecular complexity index is 812. The van der Waals surface area contributed by atoms with Crippen molar-refractivity contribution >= 4 is 11.6 Å². The number of nitrogens with zero attached hydrogens (tertiary/aromatic N) is 2. The summed E-state index contributed by atoms with van der Waals surface area (Å²) in [5, 5.41) is 2.78. The van der Waals surface area contributed by atoms with Crippen LogP contribution in [0.3, 0.4) is 0 Å². The van der Waals surface area contributed by atoms with Crippen LogP contribution in [-0.2, 0) is 0 Å². The van der Waals surface area contributed by atoms with Crippen LogP contribution < -0.4 is 5.32 Å². The van der Waals surface area contributed by atoms with Gasteiger partial charge in [0, 0.05) is 11.4 Å². The zero-order valence-corrected chi connectivity index (χ0v) is 12.0. The highest BCUT2D eigenvalue weighted by Gasteiger charge is 2.14. The Morgan fingerprint density at radius 2 is 1.95 bits per heavy atom. The molecule has 0 aliphatic rings. The van der Waals surface area contributed by atoms with Gasteiger partial charge in [0.15, 0.2) is 0 Å². The minimum atomic E-state index is -0.329. The van der Waals surface area contributed by atoms with E-state index in [2.05, 4.69) is 10.3 Å². The predicted molar refractivity (Wildman–Crippen MR) is 82.7 cm³/mol. The van der Waals surface area contributed by atoms with Crippen LogP contribution in [0.2, 0.25) is 0 Å². The van der Waals surface area contributed by atoms with Gasteiger partial charge in [-0.25, -0.2) is 9.37 Å². The molecule has 5 heteroatoms. The minimum Gasteiger partial charge on any atom is -0.320 e. The lowest BCUT2D eigenvalue weighted by atomic mass is 10.2. The maximum atomic E-state index is 13.1. The Kier molecular flexibility index (Phi) is 3.70. The third-order valence-corrected chi connectivity index (χ3v) is 3.34. The first kappa shape index (κ1) is 14.0. The quantitative estimate of drug-likeness (QED) is 0.803. The Morgan fingerprint density at radius 1 is 1.18 bits per heavy atom. The molecule has 0 saturated heterocycles. The van der Waals surface area contributed by atoms with E-state index in [0.717, 1.165) is 5.69 Å². The molecule has 0 atom stereocenters. The standard InChI is InChI=1S/C17H14FN3O/c1-12-9-13(18)7-8-15(12)20-17(22)16-10-19-11-21(16)14-5-3-2-4-6-14/h2-11H,1H3,(H,20,22). The van der Waals surface area contributed by atoms with Gasteiger partial charge in [-0.15, -0.1) is 0 Å². The molecule has 0 bridgehead atoms. The fourth-order valence-electron chi connectivity index (χ4n) is 2.21. The molecule has 1 aromatic heterocycles. The van der Waals surface area contributed by atoms with Crippen molar-refractivity contribution in [1.29, 1.82) is 0 Å². The predicted octanol–water partition coefficient (Wildman–Crippen LogP) is 3.57. The van der Waals surface area contributed by atoms with Gasteiger partial charge in [-0.1, -0.05) is 18.2 Å². The number of benzene rings is 2. The Balaban J connectivity index is 1.89. The molecule has 3 aromatic rings. The van der Waals surface area contributed by atoms with Gasteiger partial charge in [0.25, 0.3) is 5.91 Å². The van der Waals surface area contributed by atoms with E-state index in [1.807, 2.05) is 30.3 Å². The van der Waals surface area contributed by atoms with E-state index >= 15 is 0 Å². The summed E-state index contributed by atoms with van der Waals surface area (Å²) >= 11 is 0. The summed E-state index contributed by atoms with van der Waals surface area (Å²) in [4.78, 5) is 16.5. The van der Waals surface area contributed by atoms with Crippen molar-refractivity contribution in [2.75, 3.05) is 5.32 Å². The van der Waals surface area contributed by atoms with Gasteiger partial charge in [-0.3, -0.25) is 9.36 Å². The van der Waals surface area contributed by atoms with Crippen molar-refractivity contribution in [3.8, 4) is 5.69 Å². The number of rotatable bonds is 3. The number of carbonyl (C=O) groups is 1. The van der Waals surface area contributed by atoms with Crippen LogP contribution in [0.5, 0.6) is 0 Å². The summed E-state index contributed by atoms with van der Waals surface area (Å²) in [6.07, 6.45) is 3.09. The zero-order valence-electron chi connectivity index (χ0n) is 12.0. The van der Waals surface area contributed by atoms with Crippen LogP contribution in [-0.4, -0.2) is 15.5 Å². The van der Waals surface area contributed by atoms with Gasteiger partial charge in [-0.05, 0) is 42.8 Å². The molecule has 0 aliphatic carbocycles. The Hall–Kier alpha value is -2.95. The van der Waals surface area contributed by atoms with Crippen molar-refractivity contribution in [2.24, 2.45) is 0 Å². The molecule has 22 heavy (non-hydrogen) atoms. The van der Waals surface area contributed by atoms with Crippen molar-refractivity contribution in [1.82, 2.24) is 9.55 Å². The Labute approximate surface area is 127 Å². The summed E-state index contributed by atoms with van der Waals surface area (Å²) in [6.45, 7) is 1.74. The smallest absolute Gasteiger partial charge is 0.274 e. The molecule has 3 rings (SSSR count). The van der Waals surface area contributed by atoms with Crippen LogP contribution in [0, 0.1) is 12.7 Å². The first-order chi connectivity index (χ1) is 10.6. The van der Waals surface area contributed by atoms with Crippen LogP contribution in [0.4, 0.5) is 10.1 Å². The molecule has 1 N–H and O–H groups in total. The van der Waals surface area contributed by atoms with E-state index < -0.39 is 0 Å². The molecular weight excluding hydrogens is 281 g/mol. The van der Waals surface area contributed by atoms with Crippen LogP contribution >= 0.6 is 0 Å². The average Bonchev–Trinajstić information content (AvgIpc) is 3.00. The topological polar surface area (TPSA) is 46.9 Å². The molecule has 4 nitrogen and oxygen atoms in total. The summed E-state index contributed by atoms with van der Waals surface area (Å²) in [6, 6.07) is 13.7. The zero-order chi connectivity index (χ0) is 15.5. The van der Waals surface area contributed by atoms with Crippen molar-refractivity contribution in [3.63, 3.8) is 0 Å². The third kappa shape index (κ3) is 2.74. The summed E-state index contributed by atoms with van der Waals surface area (Å²) in [5.74, 6) is -0.624. The van der Waals surface area contributed by atoms with Gasteiger partial charge < -0.3 is 5.32 Å². The molecule has 0 saturated carbocycles. The lowest BCUT2D eigenvalue weighted by Gasteiger charge is -2.10. The Morgan fingerprint density at radius 3 is 2.68 bits per heavy atom. The van der Waals surface area contributed by atoms with Gasteiger partial charge in [0.05, 0.1) is 12.5 Å². The number of aromatic nitrogens is 2. The number of hydrogen-bond donors (Lipinski definition) is 1. The number of halogens is 1. The number of nitrogens with one attached hydrogen (secondary N) is 1. The van der Waals surface area contributed by atoms with E-state index in [1.165, 1.54) is 18.3 Å². The lowest BCUT2D eigenvalue weighted by Crippen LogP contribution is -2.16. The van der Waals surface area contributed by atoms with Crippen molar-refractivity contribution < 1.29 is 9.18 Å². The fourth-order valence-corrected chi connectivity index (χ4v) is 2.21. The van der Waals surface area contributed by atoms with Gasteiger partial charge in [0.1, 0.15) is 11.5 Å². The van der Waals surface area contributed by atoms with Gasteiger partial charge in [-0.2, -0.15) is 0 Å². The highest BCUT2D eigenvalue weighted by molar-refractivity contribution is 6.03. The molecule has 0 spiro atoms. The number of aryl methyl sites for hydroxylation is 1. The monoisotopic (exact) mass is 295 g/mol. The summed E-state index contributed by atoms with van der Waals surface area (Å²) < 4.78 is 14.8. The summed E-state index contributed by atoms with van der Waals surface area (Å²) in [5.41, 5.74) is 2.50. The largest absolute Gasteiger partial charge is 0.320 e. The molecule has 1 heterocycles. The number of amides is 1. The maximum absolute atomic E-state index is 13.1. The molecule has 0 unspecified atom stereocenters. The molecule has 1 amide bonds. The maximum Gasteiger partial charge on any atom is 0.274 e. The van der Waals surface area contributed by atoms with E-state index in [0.29, 0.717) is 16.9 Å². The van der Waals surface area contributed by atoms with Crippen molar-refractivity contribution in [3.05, 3.63) is 78.1 Å². The van der Waals surface area contributed by atoms with Crippen LogP contribution in [0.25, 0.3) is 5.69 Å². The number of imidazole rings is 1. The number of carbonyl (C=O) groups excluding carboxylic acids is 1. The third-order valence-electron chi connectivity index (χ3n) is 3.34. The van der Waals surface area contributed by atoms with Crippen molar-refractivity contribution in [2.45, 2.75) is 6.92 Å². The lowest BCUT2D eigenvalue weighted by molar-refractivity contribution is 0.102.